The summed E-state index contributed by atoms with van der Waals surface area (Å²) in [6.45, 7) is 4.31. The van der Waals surface area contributed by atoms with E-state index in [1.807, 2.05) is 65.2 Å². The van der Waals surface area contributed by atoms with E-state index in [9.17, 15) is 9.18 Å². The minimum Gasteiger partial charge on any atom is -0.304 e. The van der Waals surface area contributed by atoms with Gasteiger partial charge in [0.05, 0.1) is 11.2 Å². The third-order valence-electron chi connectivity index (χ3n) is 4.98. The van der Waals surface area contributed by atoms with Crippen LogP contribution in [0.15, 0.2) is 72.9 Å². The summed E-state index contributed by atoms with van der Waals surface area (Å²) in [6, 6.07) is 20.4. The second kappa shape index (κ2) is 7.99. The molecule has 0 aliphatic carbocycles. The van der Waals surface area contributed by atoms with Gasteiger partial charge in [-0.2, -0.15) is 0 Å². The average molecular weight is 498 g/mol. The number of para-hydroxylation sites is 1. The zero-order valence-electron chi connectivity index (χ0n) is 16.1. The van der Waals surface area contributed by atoms with Crippen LogP contribution in [-0.2, 0) is 0 Å². The number of amides is 1. The zero-order chi connectivity index (χ0) is 20.5. The fraction of sp³-hybridized carbons (Fsp3) is 0.125. The van der Waals surface area contributed by atoms with Gasteiger partial charge in [0.25, 0.3) is 0 Å². The van der Waals surface area contributed by atoms with Crippen LogP contribution in [-0.4, -0.2) is 10.6 Å². The average Bonchev–Trinajstić information content (AvgIpc) is 3.10. The molecule has 4 aromatic rings. The first-order valence-corrected chi connectivity index (χ1v) is 10.5. The minimum atomic E-state index is -0.452. The topological polar surface area (TPSA) is 34.0 Å². The summed E-state index contributed by atoms with van der Waals surface area (Å²) >= 11 is 2.04. The molecule has 5 heteroatoms. The molecule has 4 rings (SSSR count). The maximum atomic E-state index is 14.2. The Kier molecular flexibility index (Phi) is 5.41. The van der Waals surface area contributed by atoms with Gasteiger partial charge >= 0.3 is 6.03 Å². The zero-order valence-corrected chi connectivity index (χ0v) is 18.3. The maximum Gasteiger partial charge on any atom is 0.330 e. The second-order valence-electron chi connectivity index (χ2n) is 7.23. The minimum absolute atomic E-state index is 0.164. The Morgan fingerprint density at radius 3 is 2.48 bits per heavy atom. The molecule has 0 fully saturated rings. The predicted molar refractivity (Wildman–Crippen MR) is 125 cm³/mol. The molecular weight excluding hydrogens is 478 g/mol. The van der Waals surface area contributed by atoms with Gasteiger partial charge < -0.3 is 5.32 Å². The summed E-state index contributed by atoms with van der Waals surface area (Å²) in [6.07, 6.45) is 1.84. The SMILES string of the molecule is CC(C)c1ccccc1-c1cn(C(=O)Nc2ccc(I)cc2F)c2ccccc12. The summed E-state index contributed by atoms with van der Waals surface area (Å²) in [5.41, 5.74) is 4.26. The van der Waals surface area contributed by atoms with Gasteiger partial charge in [0.1, 0.15) is 5.82 Å². The van der Waals surface area contributed by atoms with Crippen molar-refractivity contribution in [3.05, 3.63) is 87.9 Å². The fourth-order valence-corrected chi connectivity index (χ4v) is 4.03. The van der Waals surface area contributed by atoms with Crippen molar-refractivity contribution in [1.82, 2.24) is 4.57 Å². The lowest BCUT2D eigenvalue weighted by molar-refractivity contribution is 0.254. The van der Waals surface area contributed by atoms with E-state index >= 15 is 0 Å². The Morgan fingerprint density at radius 1 is 1.00 bits per heavy atom. The standard InChI is InChI=1S/C24H20FIN2O/c1-15(2)17-7-3-4-8-18(17)20-14-28(23-10-6-5-9-19(20)23)24(29)27-22-12-11-16(26)13-21(22)25/h3-15H,1-2H3,(H,27,29). The molecular formula is C24H20FIN2O. The van der Waals surface area contributed by atoms with E-state index in [-0.39, 0.29) is 5.69 Å². The lowest BCUT2D eigenvalue weighted by atomic mass is 9.92. The van der Waals surface area contributed by atoms with E-state index in [0.29, 0.717) is 5.92 Å². The Bertz CT molecular complexity index is 1210. The molecule has 146 valence electrons. The molecule has 3 aromatic carbocycles. The van der Waals surface area contributed by atoms with Crippen LogP contribution < -0.4 is 5.32 Å². The van der Waals surface area contributed by atoms with Crippen LogP contribution in [0.3, 0.4) is 0 Å². The van der Waals surface area contributed by atoms with Crippen molar-refractivity contribution < 1.29 is 9.18 Å². The number of carbonyl (C=O) groups excluding carboxylic acids is 1. The van der Waals surface area contributed by atoms with Crippen LogP contribution in [0, 0.1) is 9.39 Å². The number of nitrogens with zero attached hydrogens (tertiary/aromatic N) is 1. The van der Waals surface area contributed by atoms with Crippen molar-refractivity contribution in [2.75, 3.05) is 5.32 Å². The number of hydrogen-bond donors (Lipinski definition) is 1. The normalized spacial score (nSPS) is 11.2. The molecule has 0 bridgehead atoms. The molecule has 29 heavy (non-hydrogen) atoms. The molecule has 0 atom stereocenters. The van der Waals surface area contributed by atoms with Gasteiger partial charge in [-0.25, -0.2) is 9.18 Å². The van der Waals surface area contributed by atoms with Gasteiger partial charge in [0.15, 0.2) is 0 Å². The summed E-state index contributed by atoms with van der Waals surface area (Å²) in [5.74, 6) is -0.102. The smallest absolute Gasteiger partial charge is 0.304 e. The molecule has 0 unspecified atom stereocenters. The van der Waals surface area contributed by atoms with Crippen molar-refractivity contribution in [1.29, 1.82) is 0 Å². The van der Waals surface area contributed by atoms with E-state index in [4.69, 9.17) is 0 Å². The third-order valence-corrected chi connectivity index (χ3v) is 5.65. The Morgan fingerprint density at radius 2 is 1.72 bits per heavy atom. The molecule has 0 saturated heterocycles. The van der Waals surface area contributed by atoms with Gasteiger partial charge in [-0.1, -0.05) is 56.3 Å². The Hall–Kier alpha value is -2.67. The van der Waals surface area contributed by atoms with Crippen molar-refractivity contribution in [2.45, 2.75) is 19.8 Å². The van der Waals surface area contributed by atoms with E-state index in [0.717, 1.165) is 25.6 Å². The largest absolute Gasteiger partial charge is 0.330 e. The maximum absolute atomic E-state index is 14.2. The number of hydrogen-bond acceptors (Lipinski definition) is 1. The van der Waals surface area contributed by atoms with E-state index in [1.165, 1.54) is 11.6 Å². The Balaban J connectivity index is 1.82. The van der Waals surface area contributed by atoms with Gasteiger partial charge in [0.2, 0.25) is 0 Å². The number of halogens is 2. The van der Waals surface area contributed by atoms with Gasteiger partial charge in [-0.05, 0) is 63.9 Å². The number of benzene rings is 3. The third kappa shape index (κ3) is 3.79. The molecule has 1 aromatic heterocycles. The number of rotatable bonds is 3. The highest BCUT2D eigenvalue weighted by atomic mass is 127. The fourth-order valence-electron chi connectivity index (χ4n) is 3.57. The number of fused-ring (bicyclic) bond motifs is 1. The summed E-state index contributed by atoms with van der Waals surface area (Å²) in [7, 11) is 0. The molecule has 0 aliphatic heterocycles. The van der Waals surface area contributed by atoms with E-state index in [1.54, 1.807) is 16.7 Å². The number of carbonyl (C=O) groups is 1. The second-order valence-corrected chi connectivity index (χ2v) is 8.47. The van der Waals surface area contributed by atoms with Gasteiger partial charge in [0, 0.05) is 20.7 Å². The van der Waals surface area contributed by atoms with Gasteiger partial charge in [-0.3, -0.25) is 4.57 Å². The van der Waals surface area contributed by atoms with Gasteiger partial charge in [-0.15, -0.1) is 0 Å². The monoisotopic (exact) mass is 498 g/mol. The lowest BCUT2D eigenvalue weighted by Crippen LogP contribution is -2.19. The lowest BCUT2D eigenvalue weighted by Gasteiger charge is -2.12. The molecule has 1 amide bonds. The van der Waals surface area contributed by atoms with Crippen LogP contribution in [0.2, 0.25) is 0 Å². The summed E-state index contributed by atoms with van der Waals surface area (Å²) in [5, 5.41) is 3.68. The first-order chi connectivity index (χ1) is 14.0. The van der Waals surface area contributed by atoms with Crippen molar-refractivity contribution in [3.63, 3.8) is 0 Å². The molecule has 0 radical (unpaired) electrons. The Labute approximate surface area is 182 Å². The highest BCUT2D eigenvalue weighted by molar-refractivity contribution is 14.1. The van der Waals surface area contributed by atoms with Crippen LogP contribution in [0.25, 0.3) is 22.0 Å². The van der Waals surface area contributed by atoms with Crippen LogP contribution in [0.5, 0.6) is 0 Å². The van der Waals surface area contributed by atoms with Crippen molar-refractivity contribution in [2.24, 2.45) is 0 Å². The highest BCUT2D eigenvalue weighted by Crippen LogP contribution is 2.35. The first kappa shape index (κ1) is 19.6. The number of nitrogens with one attached hydrogen (secondary N) is 1. The highest BCUT2D eigenvalue weighted by Gasteiger charge is 2.18. The van der Waals surface area contributed by atoms with E-state index < -0.39 is 11.8 Å². The molecule has 0 spiro atoms. The summed E-state index contributed by atoms with van der Waals surface area (Å²) in [4.78, 5) is 13.0. The molecule has 0 aliphatic rings. The molecule has 1 heterocycles. The number of anilines is 1. The van der Waals surface area contributed by atoms with Crippen molar-refractivity contribution in [3.8, 4) is 11.1 Å². The summed E-state index contributed by atoms with van der Waals surface area (Å²) < 4.78 is 16.6. The van der Waals surface area contributed by atoms with Crippen LogP contribution >= 0.6 is 22.6 Å². The van der Waals surface area contributed by atoms with Crippen molar-refractivity contribution >= 4 is 45.2 Å². The van der Waals surface area contributed by atoms with Crippen LogP contribution in [0.4, 0.5) is 14.9 Å². The van der Waals surface area contributed by atoms with Crippen LogP contribution in [0.1, 0.15) is 25.3 Å². The van der Waals surface area contributed by atoms with E-state index in [2.05, 4.69) is 31.3 Å². The predicted octanol–water partition coefficient (Wildman–Crippen LogP) is 7.26. The number of aromatic nitrogens is 1. The molecule has 0 saturated carbocycles. The molecule has 3 nitrogen and oxygen atoms in total. The first-order valence-electron chi connectivity index (χ1n) is 9.41. The quantitative estimate of drug-likeness (QED) is 0.297. The molecule has 1 N–H and O–H groups in total.